The van der Waals surface area contributed by atoms with E-state index in [9.17, 15) is 0 Å². The lowest BCUT2D eigenvalue weighted by molar-refractivity contribution is 0.435. The Balaban J connectivity index is 1.69. The van der Waals surface area contributed by atoms with Gasteiger partial charge in [0.05, 0.1) is 0 Å². The average molecular weight is 404 g/mol. The van der Waals surface area contributed by atoms with Crippen molar-refractivity contribution < 1.29 is 0 Å². The van der Waals surface area contributed by atoms with Crippen molar-refractivity contribution in [3.8, 4) is 10.6 Å². The van der Waals surface area contributed by atoms with Crippen LogP contribution in [0.1, 0.15) is 32.1 Å². The Bertz CT molecular complexity index is 856. The molecule has 0 radical (unpaired) electrons. The van der Waals surface area contributed by atoms with Gasteiger partial charge in [-0.15, -0.1) is 10.2 Å². The Hall–Kier alpha value is -1.62. The van der Waals surface area contributed by atoms with Crippen LogP contribution in [0.3, 0.4) is 0 Å². The minimum absolute atomic E-state index is 0.455. The molecule has 0 unspecified atom stereocenters. The quantitative estimate of drug-likeness (QED) is 0.470. The number of halogens is 2. The van der Waals surface area contributed by atoms with Gasteiger partial charge in [-0.05, 0) is 49.2 Å². The molecule has 2 aromatic carbocycles. The van der Waals surface area contributed by atoms with Crippen LogP contribution in [0, 0.1) is 0 Å². The second kappa shape index (κ2) is 7.95. The molecule has 134 valence electrons. The molecule has 1 aliphatic carbocycles. The van der Waals surface area contributed by atoms with Crippen molar-refractivity contribution in [1.29, 1.82) is 0 Å². The van der Waals surface area contributed by atoms with E-state index < -0.39 is 0 Å². The first kappa shape index (κ1) is 17.8. The summed E-state index contributed by atoms with van der Waals surface area (Å²) in [6.07, 6.45) is 6.20. The molecule has 3 nitrogen and oxygen atoms in total. The minimum atomic E-state index is 0.455. The summed E-state index contributed by atoms with van der Waals surface area (Å²) in [5.74, 6) is 0. The normalized spacial score (nSPS) is 15.2. The van der Waals surface area contributed by atoms with Crippen molar-refractivity contribution >= 4 is 45.4 Å². The molecule has 3 aromatic rings. The van der Waals surface area contributed by atoms with Gasteiger partial charge >= 0.3 is 0 Å². The SMILES string of the molecule is Clc1ccc(-c2nnc(N(c3ccc(Cl)cc3)C3CCCCC3)s2)cc1. The molecule has 0 atom stereocenters. The van der Waals surface area contributed by atoms with Crippen LogP contribution in [0.5, 0.6) is 0 Å². The molecule has 1 aliphatic rings. The van der Waals surface area contributed by atoms with Gasteiger partial charge in [0.1, 0.15) is 5.01 Å². The van der Waals surface area contributed by atoms with Gasteiger partial charge in [-0.2, -0.15) is 0 Å². The van der Waals surface area contributed by atoms with Gasteiger partial charge in [0.25, 0.3) is 0 Å². The molecule has 0 aliphatic heterocycles. The third-order valence-corrected chi connectivity index (χ3v) is 6.23. The smallest absolute Gasteiger partial charge is 0.213 e. The maximum atomic E-state index is 6.09. The third-order valence-electron chi connectivity index (χ3n) is 4.76. The van der Waals surface area contributed by atoms with Crippen molar-refractivity contribution in [1.82, 2.24) is 10.2 Å². The molecule has 1 aromatic heterocycles. The zero-order valence-electron chi connectivity index (χ0n) is 14.2. The van der Waals surface area contributed by atoms with E-state index in [0.717, 1.165) is 31.4 Å². The molecule has 0 amide bonds. The summed E-state index contributed by atoms with van der Waals surface area (Å²) in [6, 6.07) is 16.2. The second-order valence-corrected chi connectivity index (χ2v) is 8.36. The number of hydrogen-bond acceptors (Lipinski definition) is 4. The van der Waals surface area contributed by atoms with Crippen molar-refractivity contribution in [2.45, 2.75) is 38.1 Å². The monoisotopic (exact) mass is 403 g/mol. The van der Waals surface area contributed by atoms with Crippen molar-refractivity contribution in [3.63, 3.8) is 0 Å². The summed E-state index contributed by atoms with van der Waals surface area (Å²) >= 11 is 13.7. The molecule has 1 fully saturated rings. The highest BCUT2D eigenvalue weighted by molar-refractivity contribution is 7.18. The van der Waals surface area contributed by atoms with E-state index in [2.05, 4.69) is 27.2 Å². The van der Waals surface area contributed by atoms with Crippen LogP contribution in [-0.4, -0.2) is 16.2 Å². The zero-order valence-corrected chi connectivity index (χ0v) is 16.6. The van der Waals surface area contributed by atoms with E-state index in [1.165, 1.54) is 32.1 Å². The lowest BCUT2D eigenvalue weighted by Gasteiger charge is -2.33. The number of aromatic nitrogens is 2. The number of hydrogen-bond donors (Lipinski definition) is 0. The van der Waals surface area contributed by atoms with E-state index in [4.69, 9.17) is 23.2 Å². The predicted octanol–water partition coefficient (Wildman–Crippen LogP) is 6.98. The average Bonchev–Trinajstić information content (AvgIpc) is 3.15. The predicted molar refractivity (Wildman–Crippen MR) is 111 cm³/mol. The van der Waals surface area contributed by atoms with Gasteiger partial charge in [-0.3, -0.25) is 0 Å². The molecular weight excluding hydrogens is 385 g/mol. The van der Waals surface area contributed by atoms with Gasteiger partial charge in [-0.25, -0.2) is 0 Å². The highest BCUT2D eigenvalue weighted by atomic mass is 35.5. The lowest BCUT2D eigenvalue weighted by atomic mass is 9.94. The molecule has 0 spiro atoms. The van der Waals surface area contributed by atoms with Crippen LogP contribution in [0.15, 0.2) is 48.5 Å². The van der Waals surface area contributed by atoms with Gasteiger partial charge in [0.2, 0.25) is 5.13 Å². The summed E-state index contributed by atoms with van der Waals surface area (Å²) in [5, 5.41) is 12.3. The molecule has 4 rings (SSSR count). The van der Waals surface area contributed by atoms with Crippen molar-refractivity contribution in [3.05, 3.63) is 58.6 Å². The van der Waals surface area contributed by atoms with E-state index in [-0.39, 0.29) is 0 Å². The van der Waals surface area contributed by atoms with Crippen LogP contribution in [0.4, 0.5) is 10.8 Å². The van der Waals surface area contributed by atoms with Crippen molar-refractivity contribution in [2.24, 2.45) is 0 Å². The Kier molecular flexibility index (Phi) is 5.44. The summed E-state index contributed by atoms with van der Waals surface area (Å²) < 4.78 is 0. The summed E-state index contributed by atoms with van der Waals surface area (Å²) in [4.78, 5) is 2.34. The van der Waals surface area contributed by atoms with Crippen LogP contribution in [0.25, 0.3) is 10.6 Å². The van der Waals surface area contributed by atoms with Crippen LogP contribution in [0.2, 0.25) is 10.0 Å². The number of benzene rings is 2. The van der Waals surface area contributed by atoms with E-state index in [1.54, 1.807) is 11.3 Å². The fourth-order valence-electron chi connectivity index (χ4n) is 3.44. The third kappa shape index (κ3) is 3.88. The molecular formula is C20H19Cl2N3S. The molecule has 26 heavy (non-hydrogen) atoms. The molecule has 1 heterocycles. The van der Waals surface area contributed by atoms with E-state index in [0.29, 0.717) is 6.04 Å². The maximum Gasteiger partial charge on any atom is 0.213 e. The molecule has 6 heteroatoms. The molecule has 0 saturated heterocycles. The first-order valence-corrected chi connectivity index (χ1v) is 10.4. The van der Waals surface area contributed by atoms with Crippen LogP contribution in [-0.2, 0) is 0 Å². The highest BCUT2D eigenvalue weighted by Crippen LogP contribution is 2.38. The lowest BCUT2D eigenvalue weighted by Crippen LogP contribution is -2.32. The fraction of sp³-hybridized carbons (Fsp3) is 0.300. The zero-order chi connectivity index (χ0) is 17.9. The molecule has 1 saturated carbocycles. The summed E-state index contributed by atoms with van der Waals surface area (Å²) in [7, 11) is 0. The second-order valence-electron chi connectivity index (χ2n) is 6.53. The number of anilines is 2. The van der Waals surface area contributed by atoms with Crippen molar-refractivity contribution in [2.75, 3.05) is 4.90 Å². The first-order chi connectivity index (χ1) is 12.7. The number of rotatable bonds is 4. The Morgan fingerprint density at radius 1 is 0.808 bits per heavy atom. The fourth-order valence-corrected chi connectivity index (χ4v) is 4.64. The maximum absolute atomic E-state index is 6.09. The van der Waals surface area contributed by atoms with Gasteiger partial charge in [0, 0.05) is 27.3 Å². The number of nitrogens with zero attached hydrogens (tertiary/aromatic N) is 3. The van der Waals surface area contributed by atoms with E-state index in [1.807, 2.05) is 36.4 Å². The summed E-state index contributed by atoms with van der Waals surface area (Å²) in [5.41, 5.74) is 2.16. The largest absolute Gasteiger partial charge is 0.313 e. The van der Waals surface area contributed by atoms with Gasteiger partial charge in [-0.1, -0.05) is 65.9 Å². The van der Waals surface area contributed by atoms with Crippen LogP contribution >= 0.6 is 34.5 Å². The Morgan fingerprint density at radius 2 is 1.42 bits per heavy atom. The van der Waals surface area contributed by atoms with E-state index >= 15 is 0 Å². The minimum Gasteiger partial charge on any atom is -0.313 e. The Morgan fingerprint density at radius 3 is 2.08 bits per heavy atom. The first-order valence-electron chi connectivity index (χ1n) is 8.85. The molecule has 0 bridgehead atoms. The summed E-state index contributed by atoms with van der Waals surface area (Å²) in [6.45, 7) is 0. The van der Waals surface area contributed by atoms with Crippen LogP contribution < -0.4 is 4.90 Å². The molecule has 0 N–H and O–H groups in total. The highest BCUT2D eigenvalue weighted by Gasteiger charge is 2.26. The Labute approximate surface area is 167 Å². The topological polar surface area (TPSA) is 29.0 Å². The van der Waals surface area contributed by atoms with Gasteiger partial charge in [0.15, 0.2) is 0 Å². The van der Waals surface area contributed by atoms with Gasteiger partial charge < -0.3 is 4.90 Å². The standard InChI is InChI=1S/C20H19Cl2N3S/c21-15-8-6-14(7-9-15)19-23-24-20(26-19)25(17-4-2-1-3-5-17)18-12-10-16(22)11-13-18/h6-13,17H,1-5H2.